The third-order valence-corrected chi connectivity index (χ3v) is 2.66. The summed E-state index contributed by atoms with van der Waals surface area (Å²) in [6, 6.07) is 8.28. The van der Waals surface area contributed by atoms with Gasteiger partial charge in [-0.1, -0.05) is 0 Å². The molecule has 0 aromatic heterocycles. The first-order valence-corrected chi connectivity index (χ1v) is 5.90. The number of benzene rings is 2. The van der Waals surface area contributed by atoms with Crippen LogP contribution in [-0.4, -0.2) is 4.92 Å². The van der Waals surface area contributed by atoms with E-state index < -0.39 is 28.0 Å². The van der Waals surface area contributed by atoms with E-state index in [1.165, 1.54) is 24.3 Å². The average molecular weight is 310 g/mol. The van der Waals surface area contributed by atoms with Gasteiger partial charge in [0, 0.05) is 17.8 Å². The maximum atomic E-state index is 12.9. The number of non-ortho nitro benzene ring substituents is 1. The van der Waals surface area contributed by atoms with Crippen molar-refractivity contribution < 1.29 is 18.1 Å². The summed E-state index contributed by atoms with van der Waals surface area (Å²) >= 11 is 0. The summed E-state index contributed by atoms with van der Waals surface area (Å²) in [5.74, 6) is 0. The number of hydrogen-bond acceptors (Lipinski definition) is 5. The van der Waals surface area contributed by atoms with Crippen molar-refractivity contribution in [3.05, 3.63) is 58.1 Å². The molecule has 114 valence electrons. The molecule has 0 aliphatic rings. The Morgan fingerprint density at radius 3 is 2.23 bits per heavy atom. The van der Waals surface area contributed by atoms with E-state index in [1.807, 2.05) is 0 Å². The molecule has 0 amide bonds. The van der Waals surface area contributed by atoms with Crippen LogP contribution in [0.5, 0.6) is 0 Å². The number of rotatable bonds is 3. The second-order valence-electron chi connectivity index (χ2n) is 4.25. The van der Waals surface area contributed by atoms with E-state index in [9.17, 15) is 23.3 Å². The molecule has 0 saturated heterocycles. The van der Waals surface area contributed by atoms with Crippen LogP contribution in [-0.2, 0) is 6.18 Å². The molecule has 0 fully saturated rings. The molecule has 0 bridgehead atoms. The molecule has 0 radical (unpaired) electrons. The molecule has 0 aliphatic heterocycles. The molecule has 0 aliphatic carbocycles. The van der Waals surface area contributed by atoms with Crippen LogP contribution in [0.1, 0.15) is 5.56 Å². The number of anilines is 1. The smallest absolute Gasteiger partial charge is 0.399 e. The van der Waals surface area contributed by atoms with Gasteiger partial charge in [-0.05, 0) is 30.3 Å². The van der Waals surface area contributed by atoms with E-state index in [2.05, 4.69) is 10.2 Å². The molecule has 9 heteroatoms. The highest BCUT2D eigenvalue weighted by Crippen LogP contribution is 2.39. The van der Waals surface area contributed by atoms with Crippen LogP contribution in [0.25, 0.3) is 0 Å². The van der Waals surface area contributed by atoms with Crippen LogP contribution in [0.3, 0.4) is 0 Å². The van der Waals surface area contributed by atoms with Crippen molar-refractivity contribution >= 4 is 22.7 Å². The van der Waals surface area contributed by atoms with Gasteiger partial charge >= 0.3 is 6.18 Å². The summed E-state index contributed by atoms with van der Waals surface area (Å²) in [7, 11) is 0. The number of nitro groups is 1. The fraction of sp³-hybridized carbons (Fsp3) is 0.0769. The number of nitro benzene ring substituents is 1. The molecular weight excluding hydrogens is 301 g/mol. The first-order chi connectivity index (χ1) is 10.3. The van der Waals surface area contributed by atoms with Crippen LogP contribution in [0, 0.1) is 10.1 Å². The zero-order valence-electron chi connectivity index (χ0n) is 10.9. The molecule has 0 unspecified atom stereocenters. The highest BCUT2D eigenvalue weighted by molar-refractivity contribution is 5.54. The van der Waals surface area contributed by atoms with Crippen LogP contribution < -0.4 is 5.73 Å². The number of alkyl halides is 3. The maximum absolute atomic E-state index is 12.9. The normalized spacial score (nSPS) is 11.8. The molecule has 22 heavy (non-hydrogen) atoms. The fourth-order valence-corrected chi connectivity index (χ4v) is 1.60. The van der Waals surface area contributed by atoms with Crippen molar-refractivity contribution in [1.29, 1.82) is 0 Å². The molecule has 2 aromatic carbocycles. The third kappa shape index (κ3) is 3.57. The largest absolute Gasteiger partial charge is 0.418 e. The van der Waals surface area contributed by atoms with E-state index >= 15 is 0 Å². The molecule has 2 rings (SSSR count). The Morgan fingerprint density at radius 1 is 1.05 bits per heavy atom. The van der Waals surface area contributed by atoms with Gasteiger partial charge in [-0.25, -0.2) is 0 Å². The molecule has 0 saturated carbocycles. The standard InChI is InChI=1S/C13H9F3N4O2/c14-13(15,16)11-7-10(20(21)22)5-6-12(11)19-18-9-3-1-8(17)2-4-9/h1-7H,17H2/b19-18+. The Bertz CT molecular complexity index is 727. The van der Waals surface area contributed by atoms with Crippen molar-refractivity contribution in [2.45, 2.75) is 6.18 Å². The topological polar surface area (TPSA) is 93.9 Å². The maximum Gasteiger partial charge on any atom is 0.418 e. The third-order valence-electron chi connectivity index (χ3n) is 2.66. The zero-order valence-corrected chi connectivity index (χ0v) is 10.9. The number of nitrogens with zero attached hydrogens (tertiary/aromatic N) is 3. The first-order valence-electron chi connectivity index (χ1n) is 5.90. The van der Waals surface area contributed by atoms with Gasteiger partial charge < -0.3 is 5.73 Å². The summed E-state index contributed by atoms with van der Waals surface area (Å²) in [5, 5.41) is 17.8. The number of azo groups is 1. The number of nitrogen functional groups attached to an aromatic ring is 1. The van der Waals surface area contributed by atoms with E-state index in [4.69, 9.17) is 5.73 Å². The number of halogens is 3. The van der Waals surface area contributed by atoms with E-state index in [0.29, 0.717) is 17.4 Å². The van der Waals surface area contributed by atoms with Gasteiger partial charge in [0.1, 0.15) is 0 Å². The highest BCUT2D eigenvalue weighted by atomic mass is 19.4. The monoisotopic (exact) mass is 310 g/mol. The molecule has 0 spiro atoms. The van der Waals surface area contributed by atoms with Crippen molar-refractivity contribution in [3.63, 3.8) is 0 Å². The quantitative estimate of drug-likeness (QED) is 0.388. The SMILES string of the molecule is Nc1ccc(/N=N/c2ccc([N+](=O)[O-])cc2C(F)(F)F)cc1. The molecule has 2 N–H and O–H groups in total. The lowest BCUT2D eigenvalue weighted by atomic mass is 10.1. The van der Waals surface area contributed by atoms with Crippen LogP contribution in [0.15, 0.2) is 52.7 Å². The molecule has 6 nitrogen and oxygen atoms in total. The Kier molecular flexibility index (Phi) is 4.06. The summed E-state index contributed by atoms with van der Waals surface area (Å²) < 4.78 is 38.8. The minimum absolute atomic E-state index is 0.306. The summed E-state index contributed by atoms with van der Waals surface area (Å²) in [6.07, 6.45) is -4.78. The minimum atomic E-state index is -4.78. The highest BCUT2D eigenvalue weighted by Gasteiger charge is 2.35. The van der Waals surface area contributed by atoms with Crippen LogP contribution in [0.2, 0.25) is 0 Å². The summed E-state index contributed by atoms with van der Waals surface area (Å²) in [5.41, 5.74) is 3.86. The molecule has 0 atom stereocenters. The van der Waals surface area contributed by atoms with E-state index in [0.717, 1.165) is 12.1 Å². The lowest BCUT2D eigenvalue weighted by molar-refractivity contribution is -0.385. The van der Waals surface area contributed by atoms with Crippen LogP contribution >= 0.6 is 0 Å². The van der Waals surface area contributed by atoms with Crippen molar-refractivity contribution in [2.75, 3.05) is 5.73 Å². The van der Waals surface area contributed by atoms with Gasteiger partial charge in [-0.3, -0.25) is 10.1 Å². The van der Waals surface area contributed by atoms with Gasteiger partial charge in [-0.2, -0.15) is 18.3 Å². The summed E-state index contributed by atoms with van der Waals surface area (Å²) in [6.45, 7) is 0. The van der Waals surface area contributed by atoms with Gasteiger partial charge in [0.05, 0.1) is 21.9 Å². The van der Waals surface area contributed by atoms with Gasteiger partial charge in [0.2, 0.25) is 0 Å². The second-order valence-corrected chi connectivity index (χ2v) is 4.25. The van der Waals surface area contributed by atoms with Gasteiger partial charge in [0.25, 0.3) is 5.69 Å². The van der Waals surface area contributed by atoms with Gasteiger partial charge in [0.15, 0.2) is 0 Å². The Labute approximate surface area is 122 Å². The average Bonchev–Trinajstić information content (AvgIpc) is 2.45. The van der Waals surface area contributed by atoms with E-state index in [1.54, 1.807) is 0 Å². The second kappa shape index (κ2) is 5.80. The van der Waals surface area contributed by atoms with Crippen LogP contribution in [0.4, 0.5) is 35.9 Å². The lowest BCUT2D eigenvalue weighted by Crippen LogP contribution is -2.06. The number of hydrogen-bond donors (Lipinski definition) is 1. The predicted molar refractivity (Wildman–Crippen MR) is 73.1 cm³/mol. The number of nitrogens with two attached hydrogens (primary N) is 1. The Balaban J connectivity index is 2.41. The fourth-order valence-electron chi connectivity index (χ4n) is 1.60. The zero-order chi connectivity index (χ0) is 16.3. The minimum Gasteiger partial charge on any atom is -0.399 e. The van der Waals surface area contributed by atoms with Gasteiger partial charge in [-0.15, -0.1) is 5.11 Å². The lowest BCUT2D eigenvalue weighted by Gasteiger charge is -2.08. The van der Waals surface area contributed by atoms with E-state index in [-0.39, 0.29) is 0 Å². The Hall–Kier alpha value is -2.97. The summed E-state index contributed by atoms with van der Waals surface area (Å²) in [4.78, 5) is 9.67. The molecule has 2 aromatic rings. The predicted octanol–water partition coefficient (Wildman–Crippen LogP) is 4.61. The van der Waals surface area contributed by atoms with Crippen molar-refractivity contribution in [3.8, 4) is 0 Å². The molecule has 0 heterocycles. The Morgan fingerprint density at radius 2 is 1.68 bits per heavy atom. The van der Waals surface area contributed by atoms with Crippen molar-refractivity contribution in [2.24, 2.45) is 10.2 Å². The van der Waals surface area contributed by atoms with Crippen molar-refractivity contribution in [1.82, 2.24) is 0 Å². The first kappa shape index (κ1) is 15.4. The molecular formula is C13H9F3N4O2.